The Morgan fingerprint density at radius 3 is 2.56 bits per heavy atom. The normalized spacial score (nSPS) is 15.3. The van der Waals surface area contributed by atoms with Crippen LogP contribution in [0.25, 0.3) is 11.3 Å². The van der Waals surface area contributed by atoms with Crippen molar-refractivity contribution in [3.05, 3.63) is 66.5 Å². The zero-order valence-electron chi connectivity index (χ0n) is 17.4. The molecule has 168 valence electrons. The number of hydrogen-bond acceptors (Lipinski definition) is 4. The van der Waals surface area contributed by atoms with Crippen LogP contribution in [0, 0.1) is 0 Å². The van der Waals surface area contributed by atoms with Gasteiger partial charge < -0.3 is 4.74 Å². The summed E-state index contributed by atoms with van der Waals surface area (Å²) in [5.41, 5.74) is 0.487. The van der Waals surface area contributed by atoms with E-state index >= 15 is 0 Å². The van der Waals surface area contributed by atoms with Gasteiger partial charge in [0.2, 0.25) is 0 Å². The first-order chi connectivity index (χ1) is 15.2. The molecule has 0 saturated heterocycles. The molecule has 0 radical (unpaired) electrons. The SMILES string of the molecule is CC(C)=S(=O)(Nc1ccncc1)N1CCOc2ccc(-c3cccc(C(F)(F)F)c3)nc21. The number of pyridine rings is 2. The topological polar surface area (TPSA) is 67.4 Å². The van der Waals surface area contributed by atoms with Crippen molar-refractivity contribution in [1.29, 1.82) is 0 Å². The second-order valence-corrected chi connectivity index (χ2v) is 9.83. The Morgan fingerprint density at radius 1 is 1.12 bits per heavy atom. The third kappa shape index (κ3) is 4.22. The maximum Gasteiger partial charge on any atom is 0.416 e. The largest absolute Gasteiger partial charge is 0.488 e. The highest BCUT2D eigenvalue weighted by Gasteiger charge is 2.32. The molecule has 0 fully saturated rings. The van der Waals surface area contributed by atoms with Crippen LogP contribution in [-0.2, 0) is 16.1 Å². The first-order valence-electron chi connectivity index (χ1n) is 9.80. The number of nitrogens with zero attached hydrogens (tertiary/aromatic N) is 3. The molecule has 1 unspecified atom stereocenters. The van der Waals surface area contributed by atoms with Gasteiger partial charge in [0.25, 0.3) is 0 Å². The predicted octanol–water partition coefficient (Wildman–Crippen LogP) is 4.80. The van der Waals surface area contributed by atoms with E-state index in [2.05, 4.69) is 14.7 Å². The van der Waals surface area contributed by atoms with Crippen LogP contribution in [0.1, 0.15) is 19.4 Å². The van der Waals surface area contributed by atoms with E-state index in [1.807, 2.05) is 0 Å². The fourth-order valence-electron chi connectivity index (χ4n) is 3.29. The third-order valence-corrected chi connectivity index (χ3v) is 7.51. The van der Waals surface area contributed by atoms with Gasteiger partial charge in [0.1, 0.15) is 16.5 Å². The fourth-order valence-corrected chi connectivity index (χ4v) is 5.21. The standard InChI is InChI=1S/C22H21F3N4O2S/c1-15(2)32(30,28-18-8-10-26-11-9-18)29-12-13-31-20-7-6-19(27-21(20)29)16-4-3-5-17(14-16)22(23,24)25/h3-11,14H,12-13H2,1-2H3,(H,26,28,30). The van der Waals surface area contributed by atoms with E-state index < -0.39 is 21.6 Å². The predicted molar refractivity (Wildman–Crippen MR) is 120 cm³/mol. The molecule has 1 aliphatic heterocycles. The highest BCUT2D eigenvalue weighted by atomic mass is 32.2. The van der Waals surface area contributed by atoms with E-state index in [1.165, 1.54) is 6.07 Å². The molecule has 2 aromatic heterocycles. The lowest BCUT2D eigenvalue weighted by atomic mass is 10.1. The van der Waals surface area contributed by atoms with E-state index in [0.29, 0.717) is 40.0 Å². The van der Waals surface area contributed by atoms with E-state index in [1.54, 1.807) is 60.9 Å². The Bertz CT molecular complexity index is 1250. The number of ether oxygens (including phenoxy) is 1. The molecule has 1 N–H and O–H groups in total. The number of anilines is 2. The van der Waals surface area contributed by atoms with Gasteiger partial charge in [-0.1, -0.05) is 12.1 Å². The van der Waals surface area contributed by atoms with Gasteiger partial charge in [-0.05, 0) is 50.2 Å². The molecular weight excluding hydrogens is 441 g/mol. The molecule has 3 heterocycles. The molecule has 0 aliphatic carbocycles. The van der Waals surface area contributed by atoms with Gasteiger partial charge in [0, 0.05) is 22.8 Å². The van der Waals surface area contributed by atoms with Gasteiger partial charge >= 0.3 is 6.18 Å². The molecule has 1 aromatic carbocycles. The van der Waals surface area contributed by atoms with E-state index in [-0.39, 0.29) is 6.54 Å². The Kier molecular flexibility index (Phi) is 5.72. The molecule has 0 spiro atoms. The smallest absolute Gasteiger partial charge is 0.416 e. The minimum absolute atomic E-state index is 0.286. The van der Waals surface area contributed by atoms with Crippen LogP contribution in [0.15, 0.2) is 60.9 Å². The Hall–Kier alpha value is -3.27. The highest BCUT2D eigenvalue weighted by Crippen LogP contribution is 2.36. The summed E-state index contributed by atoms with van der Waals surface area (Å²) in [6.07, 6.45) is -1.29. The lowest BCUT2D eigenvalue weighted by Gasteiger charge is -2.34. The quantitative estimate of drug-likeness (QED) is 0.566. The molecule has 3 aromatic rings. The summed E-state index contributed by atoms with van der Waals surface area (Å²) in [4.78, 5) is 9.16. The molecule has 6 nitrogen and oxygen atoms in total. The van der Waals surface area contributed by atoms with Gasteiger partial charge in [0.05, 0.1) is 23.5 Å². The number of aromatic nitrogens is 2. The molecule has 32 heavy (non-hydrogen) atoms. The van der Waals surface area contributed by atoms with Crippen molar-refractivity contribution in [3.63, 3.8) is 0 Å². The average molecular weight is 462 g/mol. The van der Waals surface area contributed by atoms with Crippen molar-refractivity contribution < 1.29 is 22.1 Å². The van der Waals surface area contributed by atoms with Crippen molar-refractivity contribution in [3.8, 4) is 17.0 Å². The lowest BCUT2D eigenvalue weighted by Crippen LogP contribution is -2.44. The van der Waals surface area contributed by atoms with Crippen LogP contribution < -0.4 is 13.8 Å². The van der Waals surface area contributed by atoms with Gasteiger partial charge in [0.15, 0.2) is 11.6 Å². The fraction of sp³-hybridized carbons (Fsp3) is 0.227. The average Bonchev–Trinajstić information content (AvgIpc) is 2.78. The molecule has 4 rings (SSSR count). The molecule has 0 bridgehead atoms. The van der Waals surface area contributed by atoms with Gasteiger partial charge in [-0.15, -0.1) is 0 Å². The van der Waals surface area contributed by atoms with Crippen molar-refractivity contribution in [2.75, 3.05) is 22.2 Å². The lowest BCUT2D eigenvalue weighted by molar-refractivity contribution is -0.137. The van der Waals surface area contributed by atoms with Crippen LogP contribution in [0.4, 0.5) is 24.7 Å². The van der Waals surface area contributed by atoms with Crippen LogP contribution >= 0.6 is 0 Å². The molecular formula is C22H21F3N4O2S. The summed E-state index contributed by atoms with van der Waals surface area (Å²) in [6, 6.07) is 11.6. The zero-order chi connectivity index (χ0) is 22.9. The van der Waals surface area contributed by atoms with Gasteiger partial charge in [-0.2, -0.15) is 13.2 Å². The second kappa shape index (κ2) is 8.34. The summed E-state index contributed by atoms with van der Waals surface area (Å²) in [5, 5.41) is 0. The van der Waals surface area contributed by atoms with Crippen molar-refractivity contribution in [1.82, 2.24) is 9.97 Å². The van der Waals surface area contributed by atoms with Crippen molar-refractivity contribution >= 4 is 26.3 Å². The minimum Gasteiger partial charge on any atom is -0.488 e. The van der Waals surface area contributed by atoms with Gasteiger partial charge in [-0.25, -0.2) is 9.19 Å². The number of hydrogen-bond donors (Lipinski definition) is 1. The third-order valence-electron chi connectivity index (χ3n) is 4.91. The number of alkyl halides is 3. The number of nitrogens with one attached hydrogen (secondary N) is 1. The van der Waals surface area contributed by atoms with Crippen LogP contribution in [0.2, 0.25) is 0 Å². The van der Waals surface area contributed by atoms with Crippen LogP contribution in [-0.4, -0.2) is 32.2 Å². The molecule has 10 heteroatoms. The van der Waals surface area contributed by atoms with Crippen molar-refractivity contribution in [2.45, 2.75) is 20.0 Å². The summed E-state index contributed by atoms with van der Waals surface area (Å²) in [5.74, 6) is 0.719. The van der Waals surface area contributed by atoms with Crippen LogP contribution in [0.3, 0.4) is 0 Å². The Labute approximate surface area is 184 Å². The summed E-state index contributed by atoms with van der Waals surface area (Å²) >= 11 is 0. The molecule has 0 saturated carbocycles. The number of rotatable bonds is 4. The maximum atomic E-state index is 14.1. The number of fused-ring (bicyclic) bond motifs is 1. The Balaban J connectivity index is 1.80. The first-order valence-corrected chi connectivity index (χ1v) is 11.3. The zero-order valence-corrected chi connectivity index (χ0v) is 18.2. The number of benzene rings is 1. The molecule has 0 amide bonds. The van der Waals surface area contributed by atoms with Crippen molar-refractivity contribution in [2.24, 2.45) is 0 Å². The van der Waals surface area contributed by atoms with E-state index in [4.69, 9.17) is 4.74 Å². The Morgan fingerprint density at radius 2 is 1.88 bits per heavy atom. The van der Waals surface area contributed by atoms with E-state index in [9.17, 15) is 17.4 Å². The highest BCUT2D eigenvalue weighted by molar-refractivity contribution is 8.04. The summed E-state index contributed by atoms with van der Waals surface area (Å²) in [7, 11) is -2.95. The van der Waals surface area contributed by atoms with E-state index in [0.717, 1.165) is 12.1 Å². The monoisotopic (exact) mass is 462 g/mol. The minimum atomic E-state index is -4.46. The number of halogens is 3. The van der Waals surface area contributed by atoms with Gasteiger partial charge in [-0.3, -0.25) is 14.0 Å². The summed E-state index contributed by atoms with van der Waals surface area (Å²) in [6.45, 7) is 4.08. The van der Waals surface area contributed by atoms with Crippen LogP contribution in [0.5, 0.6) is 5.75 Å². The molecule has 1 aliphatic rings. The second-order valence-electron chi connectivity index (χ2n) is 7.32. The summed E-state index contributed by atoms with van der Waals surface area (Å²) < 4.78 is 64.0. The first kappa shape index (κ1) is 21.9. The maximum absolute atomic E-state index is 14.1. The molecule has 1 atom stereocenters.